The minimum absolute atomic E-state index is 0.135. The number of carboxylic acid groups (broad SMARTS) is 1. The van der Waals surface area contributed by atoms with Crippen molar-refractivity contribution >= 4 is 29.2 Å². The number of carboxylic acids is 1. The normalized spacial score (nSPS) is 10.5. The minimum atomic E-state index is -0.795. The van der Waals surface area contributed by atoms with E-state index >= 15 is 0 Å². The number of benzene rings is 1. The van der Waals surface area contributed by atoms with E-state index in [4.69, 9.17) is 24.6 Å². The van der Waals surface area contributed by atoms with Crippen LogP contribution in [-0.4, -0.2) is 11.1 Å². The Morgan fingerprint density at radius 2 is 2.27 bits per heavy atom. The van der Waals surface area contributed by atoms with E-state index in [-0.39, 0.29) is 10.6 Å². The lowest BCUT2D eigenvalue weighted by molar-refractivity contribution is 0.0697. The number of halogens is 2. The van der Waals surface area contributed by atoms with E-state index in [9.17, 15) is 4.79 Å². The van der Waals surface area contributed by atoms with Crippen LogP contribution in [-0.2, 0) is 0 Å². The van der Waals surface area contributed by atoms with Gasteiger partial charge in [0, 0.05) is 5.02 Å². The summed E-state index contributed by atoms with van der Waals surface area (Å²) in [7, 11) is 0. The molecule has 58 valence electrons. The Balaban J connectivity index is 3.09. The van der Waals surface area contributed by atoms with Crippen LogP contribution in [0.3, 0.4) is 0 Å². The zero-order valence-corrected chi connectivity index (χ0v) is 6.82. The summed E-state index contributed by atoms with van der Waals surface area (Å²) in [6.45, 7) is 0. The van der Waals surface area contributed by atoms with Gasteiger partial charge in [-0.25, -0.2) is 4.79 Å². The van der Waals surface area contributed by atoms with Crippen molar-refractivity contribution in [1.82, 2.24) is 0 Å². The largest absolute Gasteiger partial charge is 0.478 e. The molecule has 0 unspecified atom stereocenters. The van der Waals surface area contributed by atoms with E-state index in [1.165, 1.54) is 18.2 Å². The number of hydrogen-bond donors (Lipinski definition) is 1. The van der Waals surface area contributed by atoms with Gasteiger partial charge >= 0.3 is 5.97 Å². The lowest BCUT2D eigenvalue weighted by atomic mass is 10.2. The van der Waals surface area contributed by atoms with Crippen LogP contribution < -0.4 is 0 Å². The third-order valence-electron chi connectivity index (χ3n) is 1.15. The second-order valence-electron chi connectivity index (χ2n) is 1.91. The zero-order valence-electron chi connectivity index (χ0n) is 6.30. The molecule has 1 aromatic rings. The molecular formula is C7H4Cl2O2. The molecule has 0 heterocycles. The smallest absolute Gasteiger partial charge is 0.337 e. The molecular weight excluding hydrogens is 187 g/mol. The third-order valence-corrected chi connectivity index (χ3v) is 1.70. The summed E-state index contributed by atoms with van der Waals surface area (Å²) in [5.41, 5.74) is 0.135. The molecule has 1 N–H and O–H groups in total. The zero-order chi connectivity index (χ0) is 9.14. The predicted octanol–water partition coefficient (Wildman–Crippen LogP) is 2.69. The van der Waals surface area contributed by atoms with Gasteiger partial charge in [0.1, 0.15) is 0 Å². The van der Waals surface area contributed by atoms with E-state index < -0.39 is 5.97 Å². The fourth-order valence-electron chi connectivity index (χ4n) is 0.655. The Morgan fingerprint density at radius 3 is 2.82 bits per heavy atom. The Hall–Kier alpha value is -0.730. The first kappa shape index (κ1) is 6.95. The second kappa shape index (κ2) is 3.11. The molecule has 1 aromatic carbocycles. The van der Waals surface area contributed by atoms with Gasteiger partial charge < -0.3 is 5.11 Å². The molecule has 11 heavy (non-hydrogen) atoms. The quantitative estimate of drug-likeness (QED) is 0.742. The summed E-state index contributed by atoms with van der Waals surface area (Å²) in [5, 5.41) is 4.35. The van der Waals surface area contributed by atoms with E-state index in [1.807, 2.05) is 0 Å². The van der Waals surface area contributed by atoms with Gasteiger partial charge in [-0.1, -0.05) is 23.2 Å². The topological polar surface area (TPSA) is 37.3 Å². The van der Waals surface area contributed by atoms with Crippen molar-refractivity contribution in [3.05, 3.63) is 33.8 Å². The monoisotopic (exact) mass is 191 g/mol. The Kier molecular flexibility index (Phi) is 1.97. The highest BCUT2D eigenvalue weighted by molar-refractivity contribution is 6.36. The van der Waals surface area contributed by atoms with E-state index in [2.05, 4.69) is 5.11 Å². The summed E-state index contributed by atoms with van der Waals surface area (Å²) in [4.78, 5) is 10.8. The van der Waals surface area contributed by atoms with Gasteiger partial charge in [-0.15, -0.1) is 0 Å². The SMILES string of the molecule is [2H]OC(=O)c1ccc(Cl)cc1Cl. The van der Waals surface area contributed by atoms with Crippen molar-refractivity contribution in [3.8, 4) is 0 Å². The number of aromatic carboxylic acids is 1. The van der Waals surface area contributed by atoms with Crippen molar-refractivity contribution < 1.29 is 9.90 Å². The van der Waals surface area contributed by atoms with Gasteiger partial charge in [0.15, 0.2) is 0 Å². The molecule has 1 rings (SSSR count). The average molecular weight is 192 g/mol. The summed E-state index contributed by atoms with van der Waals surface area (Å²) >= 11 is 11.2. The van der Waals surface area contributed by atoms with Crippen LogP contribution in [0.25, 0.3) is 1.43 Å². The molecule has 0 atom stereocenters. The van der Waals surface area contributed by atoms with Gasteiger partial charge in [0.2, 0.25) is 0 Å². The highest BCUT2D eigenvalue weighted by Crippen LogP contribution is 2.20. The molecule has 0 aliphatic carbocycles. The van der Waals surface area contributed by atoms with Gasteiger partial charge in [0.25, 0.3) is 1.43 Å². The first-order valence-electron chi connectivity index (χ1n) is 3.18. The maximum absolute atomic E-state index is 10.8. The second-order valence-corrected chi connectivity index (χ2v) is 2.76. The van der Waals surface area contributed by atoms with Crippen LogP contribution in [0.1, 0.15) is 10.4 Å². The molecule has 0 saturated heterocycles. The van der Waals surface area contributed by atoms with E-state index in [0.29, 0.717) is 5.02 Å². The van der Waals surface area contributed by atoms with Crippen LogP contribution in [0.4, 0.5) is 0 Å². The minimum Gasteiger partial charge on any atom is -0.478 e. The predicted molar refractivity (Wildman–Crippen MR) is 43.4 cm³/mol. The maximum Gasteiger partial charge on any atom is 0.337 e. The van der Waals surface area contributed by atoms with Crippen LogP contribution in [0.15, 0.2) is 18.2 Å². The van der Waals surface area contributed by atoms with Crippen LogP contribution in [0.2, 0.25) is 10.0 Å². The van der Waals surface area contributed by atoms with Crippen LogP contribution >= 0.6 is 23.2 Å². The molecule has 0 fully saturated rings. The van der Waals surface area contributed by atoms with Crippen LogP contribution in [0.5, 0.6) is 0 Å². The van der Waals surface area contributed by atoms with Crippen molar-refractivity contribution in [2.45, 2.75) is 0 Å². The lowest BCUT2D eigenvalue weighted by Crippen LogP contribution is -1.96. The molecule has 0 aromatic heterocycles. The summed E-state index contributed by atoms with van der Waals surface area (Å²) in [5.74, 6) is -0.795. The molecule has 2 nitrogen and oxygen atoms in total. The van der Waals surface area contributed by atoms with Crippen molar-refractivity contribution in [1.29, 1.82) is 1.43 Å². The highest BCUT2D eigenvalue weighted by atomic mass is 35.5. The number of rotatable bonds is 1. The van der Waals surface area contributed by atoms with E-state index in [0.717, 1.165) is 0 Å². The molecule has 0 spiro atoms. The van der Waals surface area contributed by atoms with E-state index in [1.54, 1.807) is 0 Å². The Morgan fingerprint density at radius 1 is 1.55 bits per heavy atom. The number of carbonyl (C=O) groups is 1. The fourth-order valence-corrected chi connectivity index (χ4v) is 1.14. The molecule has 4 heteroatoms. The Labute approximate surface area is 74.9 Å². The van der Waals surface area contributed by atoms with Gasteiger partial charge in [-0.2, -0.15) is 0 Å². The highest BCUT2D eigenvalue weighted by Gasteiger charge is 2.07. The van der Waals surface area contributed by atoms with Gasteiger partial charge in [-0.3, -0.25) is 0 Å². The molecule has 0 bridgehead atoms. The standard InChI is InChI=1S/C7H4Cl2O2/c8-4-1-2-5(7(10)11)6(9)3-4/h1-3H,(H,10,11)/i/hD. The molecule has 0 aliphatic heterocycles. The first-order valence-corrected chi connectivity index (χ1v) is 3.53. The Bertz CT molecular complexity index is 314. The summed E-state index contributed by atoms with van der Waals surface area (Å²) in [6.07, 6.45) is 0. The third kappa shape index (κ3) is 1.85. The van der Waals surface area contributed by atoms with Crippen molar-refractivity contribution in [3.63, 3.8) is 0 Å². The van der Waals surface area contributed by atoms with Crippen molar-refractivity contribution in [2.75, 3.05) is 0 Å². The molecule has 0 radical (unpaired) electrons. The number of hydrogen-bond acceptors (Lipinski definition) is 2. The molecule has 0 saturated carbocycles. The fraction of sp³-hybridized carbons (Fsp3) is 0. The summed E-state index contributed by atoms with van der Waals surface area (Å²) < 4.78 is 6.36. The van der Waals surface area contributed by atoms with Crippen molar-refractivity contribution in [2.24, 2.45) is 0 Å². The van der Waals surface area contributed by atoms with Gasteiger partial charge in [0.05, 0.1) is 10.6 Å². The van der Waals surface area contributed by atoms with Gasteiger partial charge in [-0.05, 0) is 18.2 Å². The molecule has 0 aliphatic rings. The average Bonchev–Trinajstić information content (AvgIpc) is 2.03. The first-order chi connectivity index (χ1) is 5.65. The lowest BCUT2D eigenvalue weighted by Gasteiger charge is -1.96. The molecule has 0 amide bonds. The maximum atomic E-state index is 10.8. The summed E-state index contributed by atoms with van der Waals surface area (Å²) in [6, 6.07) is 4.32. The van der Waals surface area contributed by atoms with Crippen LogP contribution in [0, 0.1) is 0 Å².